The summed E-state index contributed by atoms with van der Waals surface area (Å²) in [7, 11) is 0. The second kappa shape index (κ2) is 5.04. The van der Waals surface area contributed by atoms with Crippen molar-refractivity contribution in [3.63, 3.8) is 0 Å². The van der Waals surface area contributed by atoms with Gasteiger partial charge in [-0.1, -0.05) is 30.3 Å². The molecule has 0 fully saturated rings. The molecule has 1 aliphatic rings. The second-order valence-electron chi connectivity index (χ2n) is 5.13. The fourth-order valence-corrected chi connectivity index (χ4v) is 2.70. The van der Waals surface area contributed by atoms with Crippen LogP contribution >= 0.6 is 0 Å². The van der Waals surface area contributed by atoms with E-state index in [1.165, 1.54) is 0 Å². The SMILES string of the molecule is CC1COc2c(ccc3ccccc23)N1CCC(=O)O. The van der Waals surface area contributed by atoms with Gasteiger partial charge >= 0.3 is 5.97 Å². The maximum Gasteiger partial charge on any atom is 0.305 e. The van der Waals surface area contributed by atoms with Crippen molar-refractivity contribution in [1.82, 2.24) is 0 Å². The van der Waals surface area contributed by atoms with Gasteiger partial charge in [0.25, 0.3) is 0 Å². The molecule has 0 amide bonds. The molecular formula is C16H17NO3. The Morgan fingerprint density at radius 2 is 2.15 bits per heavy atom. The predicted octanol–water partition coefficient (Wildman–Crippen LogP) is 2.90. The van der Waals surface area contributed by atoms with Crippen molar-refractivity contribution in [2.45, 2.75) is 19.4 Å². The Morgan fingerprint density at radius 3 is 2.95 bits per heavy atom. The van der Waals surface area contributed by atoms with Gasteiger partial charge in [-0.05, 0) is 18.4 Å². The number of rotatable bonds is 3. The van der Waals surface area contributed by atoms with E-state index in [1.807, 2.05) is 24.3 Å². The van der Waals surface area contributed by atoms with Crippen LogP contribution in [-0.4, -0.2) is 30.3 Å². The van der Waals surface area contributed by atoms with Crippen LogP contribution in [0.1, 0.15) is 13.3 Å². The molecule has 104 valence electrons. The van der Waals surface area contributed by atoms with E-state index >= 15 is 0 Å². The lowest BCUT2D eigenvalue weighted by atomic mass is 10.1. The molecule has 1 N–H and O–H groups in total. The number of carboxylic acids is 1. The minimum absolute atomic E-state index is 0.136. The van der Waals surface area contributed by atoms with Gasteiger partial charge in [-0.25, -0.2) is 0 Å². The molecule has 1 heterocycles. The molecule has 2 aromatic rings. The standard InChI is InChI=1S/C16H17NO3/c1-11-10-20-16-13-5-3-2-4-12(13)6-7-14(16)17(11)9-8-15(18)19/h2-7,11H,8-10H2,1H3,(H,18,19). The van der Waals surface area contributed by atoms with Gasteiger partial charge in [0.2, 0.25) is 0 Å². The minimum Gasteiger partial charge on any atom is -0.489 e. The highest BCUT2D eigenvalue weighted by molar-refractivity contribution is 5.94. The molecular weight excluding hydrogens is 254 g/mol. The first-order valence-corrected chi connectivity index (χ1v) is 6.80. The van der Waals surface area contributed by atoms with Crippen molar-refractivity contribution in [3.8, 4) is 5.75 Å². The third-order valence-electron chi connectivity index (χ3n) is 3.74. The van der Waals surface area contributed by atoms with Crippen molar-refractivity contribution in [3.05, 3.63) is 36.4 Å². The van der Waals surface area contributed by atoms with Crippen molar-refractivity contribution in [1.29, 1.82) is 0 Å². The van der Waals surface area contributed by atoms with E-state index in [0.717, 1.165) is 22.2 Å². The van der Waals surface area contributed by atoms with Gasteiger partial charge in [0.1, 0.15) is 6.61 Å². The van der Waals surface area contributed by atoms with E-state index in [1.54, 1.807) is 0 Å². The molecule has 0 saturated carbocycles. The number of anilines is 1. The number of carbonyl (C=O) groups is 1. The summed E-state index contributed by atoms with van der Waals surface area (Å²) in [6.07, 6.45) is 0.136. The smallest absolute Gasteiger partial charge is 0.305 e. The first-order valence-electron chi connectivity index (χ1n) is 6.80. The number of ether oxygens (including phenoxy) is 1. The molecule has 0 aromatic heterocycles. The average Bonchev–Trinajstić information content (AvgIpc) is 2.45. The number of hydrogen-bond acceptors (Lipinski definition) is 3. The highest BCUT2D eigenvalue weighted by Gasteiger charge is 2.25. The van der Waals surface area contributed by atoms with Crippen molar-refractivity contribution < 1.29 is 14.6 Å². The molecule has 1 atom stereocenters. The number of nitrogens with zero attached hydrogens (tertiary/aromatic N) is 1. The van der Waals surface area contributed by atoms with Gasteiger partial charge in [0.05, 0.1) is 18.2 Å². The monoisotopic (exact) mass is 271 g/mol. The quantitative estimate of drug-likeness (QED) is 0.932. The van der Waals surface area contributed by atoms with Crippen molar-refractivity contribution in [2.24, 2.45) is 0 Å². The van der Waals surface area contributed by atoms with E-state index in [0.29, 0.717) is 13.2 Å². The van der Waals surface area contributed by atoms with Gasteiger partial charge in [-0.15, -0.1) is 0 Å². The predicted molar refractivity (Wildman–Crippen MR) is 78.5 cm³/mol. The number of hydrogen-bond donors (Lipinski definition) is 1. The molecule has 4 heteroatoms. The summed E-state index contributed by atoms with van der Waals surface area (Å²) in [6.45, 7) is 3.14. The van der Waals surface area contributed by atoms with Crippen LogP contribution in [0, 0.1) is 0 Å². The lowest BCUT2D eigenvalue weighted by molar-refractivity contribution is -0.136. The summed E-state index contributed by atoms with van der Waals surface area (Å²) in [5, 5.41) is 11.1. The zero-order chi connectivity index (χ0) is 14.1. The van der Waals surface area contributed by atoms with Crippen LogP contribution in [0.5, 0.6) is 5.75 Å². The lowest BCUT2D eigenvalue weighted by Crippen LogP contribution is -2.42. The zero-order valence-corrected chi connectivity index (χ0v) is 11.4. The van der Waals surface area contributed by atoms with E-state index in [4.69, 9.17) is 9.84 Å². The highest BCUT2D eigenvalue weighted by atomic mass is 16.5. The topological polar surface area (TPSA) is 49.8 Å². The van der Waals surface area contributed by atoms with E-state index in [2.05, 4.69) is 24.0 Å². The molecule has 0 bridgehead atoms. The lowest BCUT2D eigenvalue weighted by Gasteiger charge is -2.37. The van der Waals surface area contributed by atoms with Gasteiger partial charge in [-0.2, -0.15) is 0 Å². The summed E-state index contributed by atoms with van der Waals surface area (Å²) in [5.74, 6) is 0.0950. The molecule has 0 radical (unpaired) electrons. The Bertz CT molecular complexity index is 653. The van der Waals surface area contributed by atoms with Crippen LogP contribution in [0.2, 0.25) is 0 Å². The van der Waals surface area contributed by atoms with Crippen LogP contribution in [0.15, 0.2) is 36.4 Å². The first-order chi connectivity index (χ1) is 9.66. The van der Waals surface area contributed by atoms with Crippen molar-refractivity contribution >= 4 is 22.4 Å². The minimum atomic E-state index is -0.772. The Hall–Kier alpha value is -2.23. The largest absolute Gasteiger partial charge is 0.489 e. The molecule has 20 heavy (non-hydrogen) atoms. The van der Waals surface area contributed by atoms with Crippen LogP contribution in [-0.2, 0) is 4.79 Å². The van der Waals surface area contributed by atoms with E-state index < -0.39 is 5.97 Å². The van der Waals surface area contributed by atoms with Crippen molar-refractivity contribution in [2.75, 3.05) is 18.1 Å². The van der Waals surface area contributed by atoms with Crippen LogP contribution < -0.4 is 9.64 Å². The van der Waals surface area contributed by atoms with E-state index in [9.17, 15) is 4.79 Å². The molecule has 1 aliphatic heterocycles. The summed E-state index contributed by atoms with van der Waals surface area (Å²) in [4.78, 5) is 12.9. The highest BCUT2D eigenvalue weighted by Crippen LogP contribution is 2.39. The maximum atomic E-state index is 10.8. The Morgan fingerprint density at radius 1 is 1.35 bits per heavy atom. The third-order valence-corrected chi connectivity index (χ3v) is 3.74. The fraction of sp³-hybridized carbons (Fsp3) is 0.312. The molecule has 3 rings (SSSR count). The number of benzene rings is 2. The third kappa shape index (κ3) is 2.18. The molecule has 4 nitrogen and oxygen atoms in total. The average molecular weight is 271 g/mol. The normalized spacial score (nSPS) is 17.6. The molecule has 0 spiro atoms. The molecule has 2 aromatic carbocycles. The second-order valence-corrected chi connectivity index (χ2v) is 5.13. The molecule has 0 aliphatic carbocycles. The van der Waals surface area contributed by atoms with Gasteiger partial charge in [-0.3, -0.25) is 4.79 Å². The summed E-state index contributed by atoms with van der Waals surface area (Å²) < 4.78 is 5.90. The molecule has 1 unspecified atom stereocenters. The van der Waals surface area contributed by atoms with Gasteiger partial charge in [0.15, 0.2) is 5.75 Å². The van der Waals surface area contributed by atoms with Crippen LogP contribution in [0.3, 0.4) is 0 Å². The first kappa shape index (κ1) is 12.8. The molecule has 0 saturated heterocycles. The van der Waals surface area contributed by atoms with E-state index in [-0.39, 0.29) is 12.5 Å². The summed E-state index contributed by atoms with van der Waals surface area (Å²) in [6, 6.07) is 12.4. The number of aliphatic carboxylic acids is 1. The Balaban J connectivity index is 2.04. The Labute approximate surface area is 117 Å². The maximum absolute atomic E-state index is 10.8. The number of fused-ring (bicyclic) bond motifs is 3. The van der Waals surface area contributed by atoms with Gasteiger partial charge < -0.3 is 14.7 Å². The van der Waals surface area contributed by atoms with Crippen LogP contribution in [0.25, 0.3) is 10.8 Å². The van der Waals surface area contributed by atoms with Gasteiger partial charge in [0, 0.05) is 11.9 Å². The fourth-order valence-electron chi connectivity index (χ4n) is 2.70. The number of carboxylic acid groups (broad SMARTS) is 1. The van der Waals surface area contributed by atoms with Crippen LogP contribution in [0.4, 0.5) is 5.69 Å². The zero-order valence-electron chi connectivity index (χ0n) is 11.4. The Kier molecular flexibility index (Phi) is 3.22. The summed E-state index contributed by atoms with van der Waals surface area (Å²) >= 11 is 0. The summed E-state index contributed by atoms with van der Waals surface area (Å²) in [5.41, 5.74) is 0.990.